The first-order valence-corrected chi connectivity index (χ1v) is 7.04. The SMILES string of the molecule is O=C(NCc1ccsc1)c1ccc(C#CCO)s1. The number of carbonyl (C=O) groups excluding carboxylic acids is 1. The molecule has 0 bridgehead atoms. The van der Waals surface area contributed by atoms with Crippen LogP contribution < -0.4 is 5.32 Å². The standard InChI is InChI=1S/C13H11NO2S2/c15-6-1-2-11-3-4-12(18-11)13(16)14-8-10-5-7-17-9-10/h3-5,7,9,15H,6,8H2,(H,14,16). The van der Waals surface area contributed by atoms with Gasteiger partial charge in [-0.25, -0.2) is 0 Å². The lowest BCUT2D eigenvalue weighted by molar-refractivity contribution is 0.0955. The van der Waals surface area contributed by atoms with E-state index >= 15 is 0 Å². The minimum atomic E-state index is -0.169. The fraction of sp³-hybridized carbons (Fsp3) is 0.154. The van der Waals surface area contributed by atoms with Gasteiger partial charge in [0.05, 0.1) is 9.75 Å². The number of nitrogens with one attached hydrogen (secondary N) is 1. The number of hydrogen-bond donors (Lipinski definition) is 2. The van der Waals surface area contributed by atoms with Gasteiger partial charge in [-0.3, -0.25) is 4.79 Å². The highest BCUT2D eigenvalue weighted by molar-refractivity contribution is 7.14. The molecule has 0 saturated carbocycles. The van der Waals surface area contributed by atoms with Crippen LogP contribution >= 0.6 is 22.7 Å². The molecule has 2 rings (SSSR count). The maximum Gasteiger partial charge on any atom is 0.261 e. The van der Waals surface area contributed by atoms with Crippen LogP contribution in [0.2, 0.25) is 0 Å². The van der Waals surface area contributed by atoms with Crippen molar-refractivity contribution in [3.63, 3.8) is 0 Å². The van der Waals surface area contributed by atoms with E-state index in [9.17, 15) is 4.79 Å². The summed E-state index contributed by atoms with van der Waals surface area (Å²) in [5.41, 5.74) is 1.10. The number of hydrogen-bond acceptors (Lipinski definition) is 4. The summed E-state index contributed by atoms with van der Waals surface area (Å²) in [6.07, 6.45) is 0. The van der Waals surface area contributed by atoms with Gasteiger partial charge in [0.2, 0.25) is 0 Å². The lowest BCUT2D eigenvalue weighted by Crippen LogP contribution is -2.21. The molecule has 0 fully saturated rings. The molecule has 0 aliphatic rings. The number of aliphatic hydroxyl groups is 1. The average molecular weight is 277 g/mol. The lowest BCUT2D eigenvalue weighted by Gasteiger charge is -2.00. The van der Waals surface area contributed by atoms with Gasteiger partial charge < -0.3 is 10.4 Å². The number of amides is 1. The Morgan fingerprint density at radius 1 is 1.39 bits per heavy atom. The molecule has 0 unspecified atom stereocenters. The van der Waals surface area contributed by atoms with Crippen molar-refractivity contribution in [1.29, 1.82) is 0 Å². The summed E-state index contributed by atoms with van der Waals surface area (Å²) in [6.45, 7) is 0.371. The van der Waals surface area contributed by atoms with Crippen LogP contribution in [-0.2, 0) is 6.54 Å². The molecule has 0 radical (unpaired) electrons. The molecule has 2 aromatic rings. The second-order valence-electron chi connectivity index (χ2n) is 3.44. The number of rotatable bonds is 3. The van der Waals surface area contributed by atoms with E-state index in [0.717, 1.165) is 10.4 Å². The first-order valence-electron chi connectivity index (χ1n) is 5.28. The summed E-state index contributed by atoms with van der Waals surface area (Å²) in [6, 6.07) is 5.51. The van der Waals surface area contributed by atoms with Crippen LogP contribution in [0.5, 0.6) is 0 Å². The molecule has 18 heavy (non-hydrogen) atoms. The maximum atomic E-state index is 11.8. The van der Waals surface area contributed by atoms with E-state index in [-0.39, 0.29) is 12.5 Å². The van der Waals surface area contributed by atoms with Gasteiger partial charge in [-0.15, -0.1) is 11.3 Å². The van der Waals surface area contributed by atoms with E-state index in [1.54, 1.807) is 23.5 Å². The zero-order valence-electron chi connectivity index (χ0n) is 9.47. The molecule has 92 valence electrons. The minimum absolute atomic E-state index is 0.0942. The monoisotopic (exact) mass is 277 g/mol. The highest BCUT2D eigenvalue weighted by Crippen LogP contribution is 2.15. The molecule has 2 heterocycles. The van der Waals surface area contributed by atoms with E-state index in [4.69, 9.17) is 5.11 Å². The smallest absolute Gasteiger partial charge is 0.261 e. The summed E-state index contributed by atoms with van der Waals surface area (Å²) in [5, 5.41) is 15.4. The van der Waals surface area contributed by atoms with Gasteiger partial charge in [0.15, 0.2) is 0 Å². The molecule has 2 N–H and O–H groups in total. The Bertz CT molecular complexity index is 576. The minimum Gasteiger partial charge on any atom is -0.384 e. The molecular weight excluding hydrogens is 266 g/mol. The lowest BCUT2D eigenvalue weighted by atomic mass is 10.3. The van der Waals surface area contributed by atoms with Crippen molar-refractivity contribution in [3.05, 3.63) is 44.3 Å². The Labute approximate surface area is 113 Å². The predicted molar refractivity (Wildman–Crippen MR) is 73.8 cm³/mol. The quantitative estimate of drug-likeness (QED) is 0.844. The molecule has 0 aliphatic carbocycles. The van der Waals surface area contributed by atoms with Crippen LogP contribution in [0.4, 0.5) is 0 Å². The van der Waals surface area contributed by atoms with Crippen LogP contribution in [-0.4, -0.2) is 17.6 Å². The second-order valence-corrected chi connectivity index (χ2v) is 5.30. The van der Waals surface area contributed by atoms with Crippen LogP contribution in [0, 0.1) is 11.8 Å². The fourth-order valence-corrected chi connectivity index (χ4v) is 2.78. The van der Waals surface area contributed by atoms with Crippen molar-refractivity contribution < 1.29 is 9.90 Å². The van der Waals surface area contributed by atoms with E-state index < -0.39 is 0 Å². The summed E-state index contributed by atoms with van der Waals surface area (Å²) in [5.74, 6) is 5.24. The molecule has 0 aliphatic heterocycles. The molecule has 0 aromatic carbocycles. The Kier molecular flexibility index (Phi) is 4.53. The Morgan fingerprint density at radius 3 is 3.00 bits per heavy atom. The normalized spacial score (nSPS) is 9.61. The predicted octanol–water partition coefficient (Wildman–Crippen LogP) is 2.08. The van der Waals surface area contributed by atoms with Crippen LogP contribution in [0.15, 0.2) is 29.0 Å². The topological polar surface area (TPSA) is 49.3 Å². The van der Waals surface area contributed by atoms with Crippen molar-refractivity contribution in [2.24, 2.45) is 0 Å². The Hall–Kier alpha value is -1.61. The van der Waals surface area contributed by atoms with Gasteiger partial charge in [-0.05, 0) is 34.5 Å². The summed E-state index contributed by atoms with van der Waals surface area (Å²) < 4.78 is 0. The van der Waals surface area contributed by atoms with E-state index in [2.05, 4.69) is 17.2 Å². The van der Waals surface area contributed by atoms with E-state index in [1.807, 2.05) is 16.8 Å². The van der Waals surface area contributed by atoms with Crippen LogP contribution in [0.3, 0.4) is 0 Å². The van der Waals surface area contributed by atoms with Gasteiger partial charge in [0, 0.05) is 6.54 Å². The van der Waals surface area contributed by atoms with Crippen LogP contribution in [0.25, 0.3) is 0 Å². The third-order valence-electron chi connectivity index (χ3n) is 2.15. The number of aliphatic hydroxyl groups excluding tert-OH is 1. The number of thiophene rings is 2. The molecular formula is C13H11NO2S2. The largest absolute Gasteiger partial charge is 0.384 e. The summed E-state index contributed by atoms with van der Waals surface area (Å²) >= 11 is 2.93. The van der Waals surface area contributed by atoms with Gasteiger partial charge in [-0.2, -0.15) is 11.3 Å². The second kappa shape index (κ2) is 6.36. The van der Waals surface area contributed by atoms with E-state index in [0.29, 0.717) is 11.4 Å². The highest BCUT2D eigenvalue weighted by Gasteiger charge is 2.08. The maximum absolute atomic E-state index is 11.8. The van der Waals surface area contributed by atoms with Crippen molar-refractivity contribution in [2.45, 2.75) is 6.54 Å². The first kappa shape index (κ1) is 12.8. The van der Waals surface area contributed by atoms with Gasteiger partial charge in [-0.1, -0.05) is 11.8 Å². The highest BCUT2D eigenvalue weighted by atomic mass is 32.1. The van der Waals surface area contributed by atoms with Crippen molar-refractivity contribution in [3.8, 4) is 11.8 Å². The van der Waals surface area contributed by atoms with E-state index in [1.165, 1.54) is 11.3 Å². The number of carbonyl (C=O) groups is 1. The first-order chi connectivity index (χ1) is 8.79. The Balaban J connectivity index is 1.94. The third-order valence-corrected chi connectivity index (χ3v) is 3.89. The summed E-state index contributed by atoms with van der Waals surface area (Å²) in [7, 11) is 0. The molecule has 3 nitrogen and oxygen atoms in total. The molecule has 0 atom stereocenters. The van der Waals surface area contributed by atoms with Gasteiger partial charge >= 0.3 is 0 Å². The average Bonchev–Trinajstić information content (AvgIpc) is 3.04. The Morgan fingerprint density at radius 2 is 2.28 bits per heavy atom. The molecule has 0 spiro atoms. The van der Waals surface area contributed by atoms with Crippen LogP contribution in [0.1, 0.15) is 20.1 Å². The van der Waals surface area contributed by atoms with Crippen molar-refractivity contribution in [1.82, 2.24) is 5.32 Å². The zero-order chi connectivity index (χ0) is 12.8. The molecule has 1 amide bonds. The fourth-order valence-electron chi connectivity index (χ4n) is 1.32. The molecule has 2 aromatic heterocycles. The molecule has 0 saturated heterocycles. The third kappa shape index (κ3) is 3.44. The zero-order valence-corrected chi connectivity index (χ0v) is 11.1. The summed E-state index contributed by atoms with van der Waals surface area (Å²) in [4.78, 5) is 13.2. The molecule has 5 heteroatoms. The van der Waals surface area contributed by atoms with Crippen molar-refractivity contribution >= 4 is 28.6 Å². The van der Waals surface area contributed by atoms with Crippen molar-refractivity contribution in [2.75, 3.05) is 6.61 Å². The van der Waals surface area contributed by atoms with Gasteiger partial charge in [0.25, 0.3) is 5.91 Å². The van der Waals surface area contributed by atoms with Gasteiger partial charge in [0.1, 0.15) is 6.61 Å².